The van der Waals surface area contributed by atoms with E-state index in [0.29, 0.717) is 13.1 Å². The third-order valence-electron chi connectivity index (χ3n) is 5.40. The summed E-state index contributed by atoms with van der Waals surface area (Å²) >= 11 is 0. The average Bonchev–Trinajstić information content (AvgIpc) is 2.91. The van der Waals surface area contributed by atoms with Crippen molar-refractivity contribution in [2.45, 2.75) is 78.2 Å². The predicted molar refractivity (Wildman–Crippen MR) is 99.3 cm³/mol. The molecule has 1 amide bonds. The van der Waals surface area contributed by atoms with E-state index in [0.717, 1.165) is 23.3 Å². The van der Waals surface area contributed by atoms with Crippen molar-refractivity contribution < 1.29 is 18.8 Å². The van der Waals surface area contributed by atoms with Gasteiger partial charge in [0.15, 0.2) is 0 Å². The molecule has 0 radical (unpaired) electrons. The summed E-state index contributed by atoms with van der Waals surface area (Å²) in [6, 6.07) is 0. The van der Waals surface area contributed by atoms with E-state index in [2.05, 4.69) is 5.10 Å². The van der Waals surface area contributed by atoms with Crippen molar-refractivity contribution in [3.05, 3.63) is 11.3 Å². The topological polar surface area (TPSA) is 65.8 Å². The first-order chi connectivity index (χ1) is 11.8. The SMILES string of the molecule is Cn1nc(B2OC(C)(C)C(C)(C)O2)c2c1CCN(C(=O)OC(C)(C)C)C2. The quantitative estimate of drug-likeness (QED) is 0.715. The number of carbonyl (C=O) groups is 1. The molecule has 1 aromatic rings. The highest BCUT2D eigenvalue weighted by molar-refractivity contribution is 6.61. The van der Waals surface area contributed by atoms with Crippen LogP contribution in [0.1, 0.15) is 59.7 Å². The molecule has 0 saturated carbocycles. The molecule has 144 valence electrons. The lowest BCUT2D eigenvalue weighted by Gasteiger charge is -2.32. The van der Waals surface area contributed by atoms with Gasteiger partial charge in [0.1, 0.15) is 5.60 Å². The highest BCUT2D eigenvalue weighted by Crippen LogP contribution is 2.37. The fourth-order valence-electron chi connectivity index (χ4n) is 3.25. The molecule has 0 aliphatic carbocycles. The zero-order valence-corrected chi connectivity index (χ0v) is 17.2. The lowest BCUT2D eigenvalue weighted by Crippen LogP contribution is -2.44. The third-order valence-corrected chi connectivity index (χ3v) is 5.40. The maximum atomic E-state index is 12.5. The molecule has 2 aliphatic rings. The third kappa shape index (κ3) is 3.36. The van der Waals surface area contributed by atoms with E-state index in [1.54, 1.807) is 4.90 Å². The van der Waals surface area contributed by atoms with Gasteiger partial charge in [-0.2, -0.15) is 5.10 Å². The first-order valence-electron chi connectivity index (χ1n) is 9.19. The van der Waals surface area contributed by atoms with E-state index >= 15 is 0 Å². The molecular formula is C18H30BN3O4. The zero-order valence-electron chi connectivity index (χ0n) is 17.2. The van der Waals surface area contributed by atoms with Crippen molar-refractivity contribution >= 4 is 18.8 Å². The van der Waals surface area contributed by atoms with Crippen LogP contribution in [0.4, 0.5) is 4.79 Å². The highest BCUT2D eigenvalue weighted by Gasteiger charge is 2.53. The van der Waals surface area contributed by atoms with Gasteiger partial charge >= 0.3 is 13.2 Å². The van der Waals surface area contributed by atoms with Gasteiger partial charge in [-0.05, 0) is 48.5 Å². The molecule has 26 heavy (non-hydrogen) atoms. The van der Waals surface area contributed by atoms with E-state index in [9.17, 15) is 4.79 Å². The maximum absolute atomic E-state index is 12.5. The number of amides is 1. The van der Waals surface area contributed by atoms with Gasteiger partial charge in [-0.3, -0.25) is 4.68 Å². The number of ether oxygens (including phenoxy) is 1. The van der Waals surface area contributed by atoms with E-state index < -0.39 is 23.9 Å². The second-order valence-corrected chi connectivity index (χ2v) is 9.17. The molecule has 0 spiro atoms. The monoisotopic (exact) mass is 363 g/mol. The van der Waals surface area contributed by atoms with E-state index in [1.807, 2.05) is 60.2 Å². The Morgan fingerprint density at radius 1 is 1.19 bits per heavy atom. The van der Waals surface area contributed by atoms with Crippen molar-refractivity contribution in [1.29, 1.82) is 0 Å². The number of carbonyl (C=O) groups excluding carboxylic acids is 1. The zero-order chi connectivity index (χ0) is 19.5. The lowest BCUT2D eigenvalue weighted by atomic mass is 9.80. The maximum Gasteiger partial charge on any atom is 0.516 e. The van der Waals surface area contributed by atoms with Crippen molar-refractivity contribution in [2.24, 2.45) is 7.05 Å². The van der Waals surface area contributed by atoms with Crippen molar-refractivity contribution in [1.82, 2.24) is 14.7 Å². The molecule has 0 atom stereocenters. The molecular weight excluding hydrogens is 333 g/mol. The number of fused-ring (bicyclic) bond motifs is 1. The molecule has 1 saturated heterocycles. The summed E-state index contributed by atoms with van der Waals surface area (Å²) in [5, 5.41) is 4.66. The van der Waals surface area contributed by atoms with Crippen molar-refractivity contribution in [3.8, 4) is 0 Å². The average molecular weight is 363 g/mol. The molecule has 7 nitrogen and oxygen atoms in total. The molecule has 8 heteroatoms. The highest BCUT2D eigenvalue weighted by atomic mass is 16.7. The predicted octanol–water partition coefficient (Wildman–Crippen LogP) is 2.01. The number of nitrogens with zero attached hydrogens (tertiary/aromatic N) is 3. The molecule has 1 fully saturated rings. The van der Waals surface area contributed by atoms with E-state index in [1.165, 1.54) is 0 Å². The van der Waals surface area contributed by atoms with Gasteiger partial charge in [0, 0.05) is 31.3 Å². The Morgan fingerprint density at radius 3 is 2.31 bits per heavy atom. The van der Waals surface area contributed by atoms with Crippen LogP contribution in [0.3, 0.4) is 0 Å². The van der Waals surface area contributed by atoms with Gasteiger partial charge in [-0.25, -0.2) is 4.79 Å². The van der Waals surface area contributed by atoms with Crippen LogP contribution in [0.15, 0.2) is 0 Å². The smallest absolute Gasteiger partial charge is 0.444 e. The Balaban J connectivity index is 1.86. The minimum Gasteiger partial charge on any atom is -0.444 e. The van der Waals surface area contributed by atoms with Crippen molar-refractivity contribution in [3.63, 3.8) is 0 Å². The summed E-state index contributed by atoms with van der Waals surface area (Å²) in [4.78, 5) is 14.2. The van der Waals surface area contributed by atoms with Gasteiger partial charge in [-0.1, -0.05) is 0 Å². The Morgan fingerprint density at radius 2 is 1.77 bits per heavy atom. The number of aryl methyl sites for hydroxylation is 1. The van der Waals surface area contributed by atoms with Crippen LogP contribution in [0.25, 0.3) is 0 Å². The first-order valence-corrected chi connectivity index (χ1v) is 9.19. The van der Waals surface area contributed by atoms with Crippen LogP contribution < -0.4 is 5.59 Å². The summed E-state index contributed by atoms with van der Waals surface area (Å²) in [6.07, 6.45) is 0.435. The van der Waals surface area contributed by atoms with Gasteiger partial charge in [0.05, 0.1) is 23.3 Å². The molecule has 0 bridgehead atoms. The number of hydrogen-bond donors (Lipinski definition) is 0. The molecule has 2 aliphatic heterocycles. The van der Waals surface area contributed by atoms with Crippen LogP contribution in [-0.4, -0.2) is 51.2 Å². The minimum atomic E-state index is -0.534. The van der Waals surface area contributed by atoms with Crippen LogP contribution in [0, 0.1) is 0 Å². The molecule has 0 unspecified atom stereocenters. The molecule has 0 aromatic carbocycles. The Kier molecular flexibility index (Phi) is 4.43. The molecule has 3 heterocycles. The summed E-state index contributed by atoms with van der Waals surface area (Å²) in [6.45, 7) is 14.8. The molecule has 0 N–H and O–H groups in total. The second-order valence-electron chi connectivity index (χ2n) is 9.17. The van der Waals surface area contributed by atoms with Crippen LogP contribution in [-0.2, 0) is 34.1 Å². The van der Waals surface area contributed by atoms with Crippen LogP contribution in [0.5, 0.6) is 0 Å². The molecule has 3 rings (SSSR count). The fraction of sp³-hybridized carbons (Fsp3) is 0.778. The number of aromatic nitrogens is 2. The van der Waals surface area contributed by atoms with Crippen LogP contribution >= 0.6 is 0 Å². The van der Waals surface area contributed by atoms with Gasteiger partial charge in [0.25, 0.3) is 0 Å². The Labute approximate surface area is 156 Å². The standard InChI is InChI=1S/C18H30BN3O4/c1-16(2,3)24-15(23)22-10-9-13-12(11-22)14(20-21(13)8)19-25-17(4,5)18(6,7)26-19/h9-11H2,1-8H3. The Bertz CT molecular complexity index is 705. The van der Waals surface area contributed by atoms with Gasteiger partial charge in [0.2, 0.25) is 0 Å². The van der Waals surface area contributed by atoms with E-state index in [4.69, 9.17) is 14.0 Å². The number of rotatable bonds is 1. The van der Waals surface area contributed by atoms with Gasteiger partial charge < -0.3 is 18.9 Å². The summed E-state index contributed by atoms with van der Waals surface area (Å²) in [5.41, 5.74) is 1.51. The minimum absolute atomic E-state index is 0.299. The Hall–Kier alpha value is -1.54. The van der Waals surface area contributed by atoms with Gasteiger partial charge in [-0.15, -0.1) is 0 Å². The lowest BCUT2D eigenvalue weighted by molar-refractivity contribution is 0.00578. The van der Waals surface area contributed by atoms with Crippen molar-refractivity contribution in [2.75, 3.05) is 6.54 Å². The van der Waals surface area contributed by atoms with E-state index in [-0.39, 0.29) is 6.09 Å². The second kappa shape index (κ2) is 5.99. The summed E-state index contributed by atoms with van der Waals surface area (Å²) in [7, 11) is 1.39. The largest absolute Gasteiger partial charge is 0.516 e. The van der Waals surface area contributed by atoms with Crippen LogP contribution in [0.2, 0.25) is 0 Å². The molecule has 1 aromatic heterocycles. The normalized spacial score (nSPS) is 21.7. The first kappa shape index (κ1) is 19.2. The number of hydrogen-bond acceptors (Lipinski definition) is 5. The summed E-state index contributed by atoms with van der Waals surface area (Å²) in [5.74, 6) is 0. The fourth-order valence-corrected chi connectivity index (χ4v) is 3.25. The summed E-state index contributed by atoms with van der Waals surface area (Å²) < 4.78 is 19.8.